The van der Waals surface area contributed by atoms with Gasteiger partial charge in [0.15, 0.2) is 5.69 Å². The Morgan fingerprint density at radius 2 is 1.80 bits per heavy atom. The Balaban J connectivity index is 2.64. The first kappa shape index (κ1) is 14.2. The summed E-state index contributed by atoms with van der Waals surface area (Å²) in [5.74, 6) is -0.706. The largest absolute Gasteiger partial charge is 0.433 e. The van der Waals surface area contributed by atoms with Gasteiger partial charge in [-0.05, 0) is 30.7 Å². The van der Waals surface area contributed by atoms with E-state index in [0.717, 1.165) is 12.1 Å². The van der Waals surface area contributed by atoms with E-state index in [4.69, 9.17) is 0 Å². The van der Waals surface area contributed by atoms with Gasteiger partial charge in [-0.25, -0.2) is 14.4 Å². The van der Waals surface area contributed by atoms with Gasteiger partial charge in [0.1, 0.15) is 5.82 Å². The van der Waals surface area contributed by atoms with E-state index in [2.05, 4.69) is 15.3 Å². The number of aryl methyl sites for hydroxylation is 1. The molecular weight excluding hydrogens is 274 g/mol. The topological polar surface area (TPSA) is 37.8 Å². The van der Waals surface area contributed by atoms with Crippen LogP contribution in [0.2, 0.25) is 0 Å². The molecule has 7 heteroatoms. The second kappa shape index (κ2) is 5.07. The zero-order valence-electron chi connectivity index (χ0n) is 10.7. The summed E-state index contributed by atoms with van der Waals surface area (Å²) < 4.78 is 51.6. The minimum Gasteiger partial charge on any atom is -0.357 e. The van der Waals surface area contributed by atoms with Crippen LogP contribution in [0.4, 0.5) is 23.5 Å². The molecule has 0 saturated heterocycles. The number of anilines is 1. The highest BCUT2D eigenvalue weighted by molar-refractivity contribution is 5.65. The molecule has 0 aliphatic heterocycles. The minimum atomic E-state index is -4.59. The molecule has 0 amide bonds. The van der Waals surface area contributed by atoms with Gasteiger partial charge < -0.3 is 5.32 Å². The fourth-order valence-electron chi connectivity index (χ4n) is 1.71. The number of alkyl halides is 3. The van der Waals surface area contributed by atoms with Gasteiger partial charge in [-0.1, -0.05) is 6.07 Å². The first-order chi connectivity index (χ1) is 9.31. The molecule has 3 nitrogen and oxygen atoms in total. The molecule has 1 aromatic carbocycles. The van der Waals surface area contributed by atoms with Crippen LogP contribution in [0.15, 0.2) is 24.3 Å². The Kier molecular flexibility index (Phi) is 3.61. The van der Waals surface area contributed by atoms with Crippen molar-refractivity contribution in [3.8, 4) is 11.3 Å². The first-order valence-corrected chi connectivity index (χ1v) is 5.72. The summed E-state index contributed by atoms with van der Waals surface area (Å²) in [4.78, 5) is 7.31. The molecule has 2 rings (SSSR count). The number of benzene rings is 1. The van der Waals surface area contributed by atoms with Gasteiger partial charge >= 0.3 is 6.18 Å². The fraction of sp³-hybridized carbons (Fsp3) is 0.231. The number of hydrogen-bond acceptors (Lipinski definition) is 3. The number of rotatable bonds is 2. The Labute approximate surface area is 112 Å². The van der Waals surface area contributed by atoms with Crippen molar-refractivity contribution in [2.24, 2.45) is 0 Å². The number of nitrogens with one attached hydrogen (secondary N) is 1. The van der Waals surface area contributed by atoms with E-state index in [9.17, 15) is 17.6 Å². The predicted octanol–water partition coefficient (Wildman–Crippen LogP) is 3.65. The summed E-state index contributed by atoms with van der Waals surface area (Å²) in [6.07, 6.45) is -4.59. The SMILES string of the molecule is CNc1nc(-c2cc(F)ccc2C)cc(C(F)(F)F)n1. The van der Waals surface area contributed by atoms with Crippen LogP contribution >= 0.6 is 0 Å². The number of hydrogen-bond donors (Lipinski definition) is 1. The van der Waals surface area contributed by atoms with Crippen LogP contribution in [-0.2, 0) is 6.18 Å². The lowest BCUT2D eigenvalue weighted by molar-refractivity contribution is -0.141. The van der Waals surface area contributed by atoms with Crippen LogP contribution in [0.1, 0.15) is 11.3 Å². The average molecular weight is 285 g/mol. The van der Waals surface area contributed by atoms with E-state index < -0.39 is 17.7 Å². The van der Waals surface area contributed by atoms with Crippen molar-refractivity contribution in [2.75, 3.05) is 12.4 Å². The third-order valence-electron chi connectivity index (χ3n) is 2.72. The predicted molar refractivity (Wildman–Crippen MR) is 66.7 cm³/mol. The molecule has 1 heterocycles. The fourth-order valence-corrected chi connectivity index (χ4v) is 1.71. The summed E-state index contributed by atoms with van der Waals surface area (Å²) in [6.45, 7) is 1.67. The number of nitrogens with zero attached hydrogens (tertiary/aromatic N) is 2. The van der Waals surface area contributed by atoms with Gasteiger partial charge in [-0.3, -0.25) is 0 Å². The van der Waals surface area contributed by atoms with Gasteiger partial charge in [0.05, 0.1) is 5.69 Å². The quantitative estimate of drug-likeness (QED) is 0.856. The van der Waals surface area contributed by atoms with E-state index >= 15 is 0 Å². The smallest absolute Gasteiger partial charge is 0.357 e. The second-order valence-electron chi connectivity index (χ2n) is 4.17. The Hall–Kier alpha value is -2.18. The lowest BCUT2D eigenvalue weighted by Gasteiger charge is -2.11. The van der Waals surface area contributed by atoms with Crippen LogP contribution in [0.25, 0.3) is 11.3 Å². The van der Waals surface area contributed by atoms with Crippen LogP contribution in [0, 0.1) is 12.7 Å². The molecule has 106 valence electrons. The molecule has 0 bridgehead atoms. The summed E-state index contributed by atoms with van der Waals surface area (Å²) in [5.41, 5.74) is -0.126. The highest BCUT2D eigenvalue weighted by atomic mass is 19.4. The standard InChI is InChI=1S/C13H11F4N3/c1-7-3-4-8(14)5-9(7)10-6-11(13(15,16)17)20-12(18-2)19-10/h3-6H,1-2H3,(H,18,19,20). The maximum absolute atomic E-state index is 13.3. The van der Waals surface area contributed by atoms with Gasteiger partial charge in [0.25, 0.3) is 0 Å². The van der Waals surface area contributed by atoms with E-state index in [1.165, 1.54) is 19.2 Å². The molecule has 0 aliphatic carbocycles. The summed E-state index contributed by atoms with van der Waals surface area (Å²) in [7, 11) is 1.41. The van der Waals surface area contributed by atoms with Gasteiger partial charge in [-0.2, -0.15) is 13.2 Å². The maximum atomic E-state index is 13.3. The van der Waals surface area contributed by atoms with Crippen LogP contribution < -0.4 is 5.32 Å². The van der Waals surface area contributed by atoms with Crippen molar-refractivity contribution in [1.82, 2.24) is 9.97 Å². The molecule has 0 unspecified atom stereocenters. The molecule has 1 N–H and O–H groups in total. The average Bonchev–Trinajstić information content (AvgIpc) is 2.40. The molecule has 1 aromatic heterocycles. The van der Waals surface area contributed by atoms with Crippen molar-refractivity contribution in [3.05, 3.63) is 41.3 Å². The molecule has 20 heavy (non-hydrogen) atoms. The van der Waals surface area contributed by atoms with E-state index in [0.29, 0.717) is 11.1 Å². The van der Waals surface area contributed by atoms with Crippen LogP contribution in [0.5, 0.6) is 0 Å². The summed E-state index contributed by atoms with van der Waals surface area (Å²) in [5, 5.41) is 2.47. The van der Waals surface area contributed by atoms with Crippen molar-refractivity contribution in [2.45, 2.75) is 13.1 Å². The first-order valence-electron chi connectivity index (χ1n) is 5.72. The highest BCUT2D eigenvalue weighted by Gasteiger charge is 2.33. The molecule has 0 spiro atoms. The van der Waals surface area contributed by atoms with Crippen LogP contribution in [0.3, 0.4) is 0 Å². The number of halogens is 4. The van der Waals surface area contributed by atoms with Crippen molar-refractivity contribution >= 4 is 5.95 Å². The summed E-state index contributed by atoms with van der Waals surface area (Å²) in [6, 6.07) is 4.68. The molecule has 0 aliphatic rings. The van der Waals surface area contributed by atoms with Crippen molar-refractivity contribution in [1.29, 1.82) is 0 Å². The lowest BCUT2D eigenvalue weighted by atomic mass is 10.0. The van der Waals surface area contributed by atoms with Crippen molar-refractivity contribution < 1.29 is 17.6 Å². The number of aromatic nitrogens is 2. The third kappa shape index (κ3) is 2.87. The third-order valence-corrected chi connectivity index (χ3v) is 2.72. The molecule has 0 fully saturated rings. The maximum Gasteiger partial charge on any atom is 0.433 e. The second-order valence-corrected chi connectivity index (χ2v) is 4.17. The lowest BCUT2D eigenvalue weighted by Crippen LogP contribution is -2.11. The van der Waals surface area contributed by atoms with E-state index in [1.54, 1.807) is 6.92 Å². The van der Waals surface area contributed by atoms with E-state index in [-0.39, 0.29) is 11.6 Å². The zero-order valence-corrected chi connectivity index (χ0v) is 10.7. The van der Waals surface area contributed by atoms with Crippen molar-refractivity contribution in [3.63, 3.8) is 0 Å². The normalized spacial score (nSPS) is 11.5. The van der Waals surface area contributed by atoms with Gasteiger partial charge in [0.2, 0.25) is 5.95 Å². The molecule has 2 aromatic rings. The molecule has 0 saturated carbocycles. The van der Waals surface area contributed by atoms with Gasteiger partial charge in [-0.15, -0.1) is 0 Å². The molecule has 0 atom stereocenters. The Bertz CT molecular complexity index is 638. The van der Waals surface area contributed by atoms with Crippen LogP contribution in [-0.4, -0.2) is 17.0 Å². The Morgan fingerprint density at radius 3 is 2.40 bits per heavy atom. The monoisotopic (exact) mass is 285 g/mol. The highest BCUT2D eigenvalue weighted by Crippen LogP contribution is 2.32. The van der Waals surface area contributed by atoms with E-state index in [1.807, 2.05) is 0 Å². The Morgan fingerprint density at radius 1 is 1.10 bits per heavy atom. The molecular formula is C13H11F4N3. The summed E-state index contributed by atoms with van der Waals surface area (Å²) >= 11 is 0. The zero-order chi connectivity index (χ0) is 14.9. The molecule has 0 radical (unpaired) electrons. The minimum absolute atomic E-state index is 0.0219. The van der Waals surface area contributed by atoms with Gasteiger partial charge in [0, 0.05) is 12.6 Å².